The van der Waals surface area contributed by atoms with E-state index < -0.39 is 11.0 Å². The highest BCUT2D eigenvalue weighted by molar-refractivity contribution is 5.85. The molecule has 1 fully saturated rings. The summed E-state index contributed by atoms with van der Waals surface area (Å²) in [5.74, 6) is 0.998. The number of methoxy groups -OCH3 is 1. The molecule has 1 saturated carbocycles. The average molecular weight is 537 g/mol. The van der Waals surface area contributed by atoms with E-state index in [-0.39, 0.29) is 12.0 Å². The number of rotatable bonds is 8. The minimum Gasteiger partial charge on any atom is -0.497 e. The van der Waals surface area contributed by atoms with Crippen molar-refractivity contribution in [3.05, 3.63) is 77.9 Å². The van der Waals surface area contributed by atoms with Gasteiger partial charge >= 0.3 is 5.97 Å². The molecular formula is C33H48N2O4. The van der Waals surface area contributed by atoms with Gasteiger partial charge in [0.15, 0.2) is 0 Å². The number of carbonyl (C=O) groups excluding carboxylic acids is 1. The number of likely N-dealkylation sites (N-methyl/N-ethyl adjacent to an activating group) is 1. The lowest BCUT2D eigenvalue weighted by atomic mass is 9.68. The first-order valence-electron chi connectivity index (χ1n) is 14.3. The molecule has 0 aromatic heterocycles. The Bertz CT molecular complexity index is 1070. The van der Waals surface area contributed by atoms with Crippen molar-refractivity contribution >= 4 is 5.97 Å². The predicted octanol–water partition coefficient (Wildman–Crippen LogP) is 5.40. The normalized spacial score (nSPS) is 26.6. The smallest absolute Gasteiger partial charge is 0.318 e. The van der Waals surface area contributed by atoms with E-state index >= 15 is 0 Å². The molecule has 0 radical (unpaired) electrons. The molecule has 1 N–H and O–H groups in total. The maximum absolute atomic E-state index is 12.8. The van der Waals surface area contributed by atoms with Gasteiger partial charge in [0, 0.05) is 18.5 Å². The van der Waals surface area contributed by atoms with Crippen LogP contribution in [0.5, 0.6) is 5.75 Å². The van der Waals surface area contributed by atoms with Crippen molar-refractivity contribution in [3.8, 4) is 5.75 Å². The fourth-order valence-corrected chi connectivity index (χ4v) is 6.30. The Balaban J connectivity index is 0.000000216. The van der Waals surface area contributed by atoms with Crippen LogP contribution in [-0.4, -0.2) is 75.4 Å². The summed E-state index contributed by atoms with van der Waals surface area (Å²) in [6.45, 7) is 3.20. The minimum atomic E-state index is -0.711. The second kappa shape index (κ2) is 14.1. The Morgan fingerprint density at radius 2 is 1.72 bits per heavy atom. The average Bonchev–Trinajstić information content (AvgIpc) is 2.95. The zero-order valence-corrected chi connectivity index (χ0v) is 24.7. The number of esters is 1. The Labute approximate surface area is 235 Å². The van der Waals surface area contributed by atoms with E-state index in [0.717, 1.165) is 55.5 Å². The van der Waals surface area contributed by atoms with E-state index in [1.54, 1.807) is 7.11 Å². The van der Waals surface area contributed by atoms with Crippen molar-refractivity contribution in [1.29, 1.82) is 0 Å². The third kappa shape index (κ3) is 7.10. The molecule has 4 atom stereocenters. The van der Waals surface area contributed by atoms with Crippen LogP contribution in [0.3, 0.4) is 0 Å². The standard InChI is InChI=1S/C17H23NO2.C16H25NO2/c1-4-20-16(19)17(14-10-6-5-7-11-14)13-9-8-12-15(17)18(2)3;1-17(2)12-14-7-4-5-10-16(14,18)13-8-6-9-15(11-13)19-3/h5-8,10-12,15H,4,9,13H2,1-3H3;6,8-9,11,14,18H,4-5,7,10,12H2,1-3H3/t15-,17+;14-,16+/m11/s1. The summed E-state index contributed by atoms with van der Waals surface area (Å²) in [4.78, 5) is 17.0. The van der Waals surface area contributed by atoms with Crippen molar-refractivity contribution in [2.24, 2.45) is 5.92 Å². The highest BCUT2D eigenvalue weighted by Crippen LogP contribution is 2.43. The van der Waals surface area contributed by atoms with Gasteiger partial charge in [-0.3, -0.25) is 4.79 Å². The number of aliphatic hydroxyl groups is 1. The van der Waals surface area contributed by atoms with E-state index in [1.165, 1.54) is 6.42 Å². The summed E-state index contributed by atoms with van der Waals surface area (Å²) >= 11 is 0. The first-order chi connectivity index (χ1) is 18.7. The fourth-order valence-electron chi connectivity index (χ4n) is 6.30. The van der Waals surface area contributed by atoms with Gasteiger partial charge in [0.1, 0.15) is 11.2 Å². The molecule has 2 aliphatic carbocycles. The van der Waals surface area contributed by atoms with Gasteiger partial charge in [0.2, 0.25) is 0 Å². The van der Waals surface area contributed by atoms with Crippen molar-refractivity contribution in [3.63, 3.8) is 0 Å². The molecule has 4 rings (SSSR count). The Morgan fingerprint density at radius 1 is 1.00 bits per heavy atom. The molecule has 2 aliphatic rings. The van der Waals surface area contributed by atoms with E-state index in [1.807, 2.05) is 75.6 Å². The van der Waals surface area contributed by atoms with Crippen LogP contribution in [0.2, 0.25) is 0 Å². The third-order valence-electron chi connectivity index (χ3n) is 8.20. The molecule has 0 bridgehead atoms. The number of allylic oxidation sites excluding steroid dienone is 1. The molecule has 0 amide bonds. The fraction of sp³-hybridized carbons (Fsp3) is 0.545. The summed E-state index contributed by atoms with van der Waals surface area (Å²) in [6, 6.07) is 17.9. The topological polar surface area (TPSA) is 62.2 Å². The first-order valence-corrected chi connectivity index (χ1v) is 14.3. The molecule has 0 spiro atoms. The highest BCUT2D eigenvalue weighted by atomic mass is 16.5. The molecule has 6 nitrogen and oxygen atoms in total. The second-order valence-corrected chi connectivity index (χ2v) is 11.3. The van der Waals surface area contributed by atoms with Crippen LogP contribution in [0.15, 0.2) is 66.7 Å². The van der Waals surface area contributed by atoms with E-state index in [9.17, 15) is 9.90 Å². The zero-order chi connectivity index (χ0) is 28.5. The molecule has 6 heteroatoms. The third-order valence-corrected chi connectivity index (χ3v) is 8.20. The molecule has 39 heavy (non-hydrogen) atoms. The van der Waals surface area contributed by atoms with Gasteiger partial charge in [-0.1, -0.05) is 67.5 Å². The first kappa shape index (κ1) is 30.9. The summed E-state index contributed by atoms with van der Waals surface area (Å²) in [7, 11) is 9.83. The van der Waals surface area contributed by atoms with Crippen LogP contribution in [0.1, 0.15) is 56.6 Å². The molecule has 2 aromatic rings. The lowest BCUT2D eigenvalue weighted by molar-refractivity contribution is -0.152. The minimum absolute atomic E-state index is 0.0256. The van der Waals surface area contributed by atoms with E-state index in [0.29, 0.717) is 12.5 Å². The van der Waals surface area contributed by atoms with Crippen LogP contribution in [0, 0.1) is 5.92 Å². The van der Waals surface area contributed by atoms with Crippen molar-refractivity contribution < 1.29 is 19.4 Å². The predicted molar refractivity (Wildman–Crippen MR) is 158 cm³/mol. The number of ether oxygens (including phenoxy) is 2. The summed E-state index contributed by atoms with van der Waals surface area (Å²) in [5, 5.41) is 11.2. The van der Waals surface area contributed by atoms with E-state index in [4.69, 9.17) is 9.47 Å². The lowest BCUT2D eigenvalue weighted by Crippen LogP contribution is -2.54. The number of nitrogens with zero attached hydrogens (tertiary/aromatic N) is 2. The second-order valence-electron chi connectivity index (χ2n) is 11.3. The largest absolute Gasteiger partial charge is 0.497 e. The maximum atomic E-state index is 12.8. The maximum Gasteiger partial charge on any atom is 0.318 e. The molecule has 214 valence electrons. The van der Waals surface area contributed by atoms with Gasteiger partial charge in [-0.2, -0.15) is 0 Å². The molecule has 0 saturated heterocycles. The van der Waals surface area contributed by atoms with Crippen molar-refractivity contribution in [1.82, 2.24) is 9.80 Å². The monoisotopic (exact) mass is 536 g/mol. The van der Waals surface area contributed by atoms with Gasteiger partial charge in [0.25, 0.3) is 0 Å². The number of hydrogen-bond acceptors (Lipinski definition) is 6. The quantitative estimate of drug-likeness (QED) is 0.360. The number of carbonyl (C=O) groups is 1. The number of hydrogen-bond donors (Lipinski definition) is 1. The van der Waals surface area contributed by atoms with Crippen molar-refractivity contribution in [2.45, 2.75) is 62.5 Å². The Hall–Kier alpha value is -2.67. The lowest BCUT2D eigenvalue weighted by Gasteiger charge is -2.42. The van der Waals surface area contributed by atoms with Gasteiger partial charge < -0.3 is 24.4 Å². The van der Waals surface area contributed by atoms with Crippen LogP contribution in [-0.2, 0) is 20.5 Å². The highest BCUT2D eigenvalue weighted by Gasteiger charge is 2.49. The van der Waals surface area contributed by atoms with Gasteiger partial charge in [-0.15, -0.1) is 0 Å². The Kier molecular flexibility index (Phi) is 11.2. The van der Waals surface area contributed by atoms with Gasteiger partial charge in [-0.05, 0) is 84.1 Å². The molecular weight excluding hydrogens is 488 g/mol. The zero-order valence-electron chi connectivity index (χ0n) is 24.7. The van der Waals surface area contributed by atoms with Crippen molar-refractivity contribution in [2.75, 3.05) is 48.5 Å². The van der Waals surface area contributed by atoms with Crippen LogP contribution < -0.4 is 4.74 Å². The van der Waals surface area contributed by atoms with E-state index in [2.05, 4.69) is 36.0 Å². The van der Waals surface area contributed by atoms with Crippen LogP contribution in [0.4, 0.5) is 0 Å². The van der Waals surface area contributed by atoms with Gasteiger partial charge in [-0.25, -0.2) is 0 Å². The van der Waals surface area contributed by atoms with Crippen LogP contribution in [0.25, 0.3) is 0 Å². The summed E-state index contributed by atoms with van der Waals surface area (Å²) in [5.41, 5.74) is 0.729. The molecule has 2 aromatic carbocycles. The Morgan fingerprint density at radius 3 is 2.36 bits per heavy atom. The number of benzene rings is 2. The van der Waals surface area contributed by atoms with Crippen LogP contribution >= 0.6 is 0 Å². The molecule has 0 unspecified atom stereocenters. The molecule has 0 aliphatic heterocycles. The molecule has 0 heterocycles. The SMILES string of the molecule is CCOC(=O)[C@]1(c2ccccc2)CCC=C[C@H]1N(C)C.COc1cccc([C@@]2(O)CCCC[C@@H]2CN(C)C)c1. The summed E-state index contributed by atoms with van der Waals surface area (Å²) < 4.78 is 10.7. The van der Waals surface area contributed by atoms with Gasteiger partial charge in [0.05, 0.1) is 19.3 Å². The summed E-state index contributed by atoms with van der Waals surface area (Å²) in [6.07, 6.45) is 10.2.